The summed E-state index contributed by atoms with van der Waals surface area (Å²) in [7, 11) is 0. The van der Waals surface area contributed by atoms with Gasteiger partial charge in [-0.05, 0) is 30.2 Å². The fourth-order valence-electron chi connectivity index (χ4n) is 2.41. The number of fused-ring (bicyclic) bond motifs is 1. The number of amides is 1. The number of nitrogens with one attached hydrogen (secondary N) is 2. The van der Waals surface area contributed by atoms with Gasteiger partial charge in [-0.25, -0.2) is 8.78 Å². The van der Waals surface area contributed by atoms with Crippen LogP contribution in [0.15, 0.2) is 42.6 Å². The lowest BCUT2D eigenvalue weighted by Gasteiger charge is -2.06. The molecule has 0 saturated heterocycles. The summed E-state index contributed by atoms with van der Waals surface area (Å²) in [6.07, 6.45) is 1.94. The van der Waals surface area contributed by atoms with Gasteiger partial charge in [-0.2, -0.15) is 0 Å². The van der Waals surface area contributed by atoms with E-state index in [1.165, 1.54) is 6.20 Å². The van der Waals surface area contributed by atoms with Crippen molar-refractivity contribution in [1.29, 1.82) is 0 Å². The van der Waals surface area contributed by atoms with Gasteiger partial charge in [0.25, 0.3) is 5.91 Å². The van der Waals surface area contributed by atoms with Crippen molar-refractivity contribution in [1.82, 2.24) is 4.98 Å². The van der Waals surface area contributed by atoms with Crippen LogP contribution in [0.1, 0.15) is 15.9 Å². The molecule has 0 aliphatic carbocycles. The number of aromatic nitrogens is 1. The Morgan fingerprint density at radius 1 is 1.17 bits per heavy atom. The number of H-pyrrole nitrogens is 1. The minimum Gasteiger partial charge on any atom is -0.396 e. The molecule has 3 rings (SSSR count). The number of carbonyl (C=O) groups excluding carboxylic acids is 1. The second-order valence-electron chi connectivity index (χ2n) is 5.14. The van der Waals surface area contributed by atoms with E-state index in [9.17, 15) is 13.6 Å². The van der Waals surface area contributed by atoms with Crippen LogP contribution in [0.2, 0.25) is 0 Å². The largest absolute Gasteiger partial charge is 0.396 e. The summed E-state index contributed by atoms with van der Waals surface area (Å²) in [4.78, 5) is 15.1. The van der Waals surface area contributed by atoms with Crippen LogP contribution < -0.4 is 5.32 Å². The molecule has 0 aliphatic rings. The zero-order valence-corrected chi connectivity index (χ0v) is 12.1. The smallest absolute Gasteiger partial charge is 0.255 e. The number of aliphatic hydroxyl groups excluding tert-OH is 1. The lowest BCUT2D eigenvalue weighted by Crippen LogP contribution is -2.12. The molecule has 0 spiro atoms. The number of benzene rings is 2. The van der Waals surface area contributed by atoms with Crippen LogP contribution in [0.5, 0.6) is 0 Å². The Labute approximate surface area is 130 Å². The van der Waals surface area contributed by atoms with Crippen molar-refractivity contribution >= 4 is 22.5 Å². The molecule has 3 aromatic rings. The maximum atomic E-state index is 13.4. The third-order valence-electron chi connectivity index (χ3n) is 3.56. The van der Waals surface area contributed by atoms with E-state index >= 15 is 0 Å². The van der Waals surface area contributed by atoms with Gasteiger partial charge in [0.05, 0.1) is 11.2 Å². The number of rotatable bonds is 4. The second kappa shape index (κ2) is 6.18. The van der Waals surface area contributed by atoms with Crippen LogP contribution in [0.4, 0.5) is 14.5 Å². The number of hydrogen-bond acceptors (Lipinski definition) is 2. The predicted molar refractivity (Wildman–Crippen MR) is 83.4 cm³/mol. The summed E-state index contributed by atoms with van der Waals surface area (Å²) < 4.78 is 26.6. The highest BCUT2D eigenvalue weighted by molar-refractivity contribution is 6.09. The molecule has 4 nitrogen and oxygen atoms in total. The summed E-state index contributed by atoms with van der Waals surface area (Å²) in [5, 5.41) is 12.0. The van der Waals surface area contributed by atoms with Crippen molar-refractivity contribution in [3.63, 3.8) is 0 Å². The monoisotopic (exact) mass is 316 g/mol. The van der Waals surface area contributed by atoms with Gasteiger partial charge in [0.1, 0.15) is 0 Å². The van der Waals surface area contributed by atoms with Crippen molar-refractivity contribution in [3.05, 3.63) is 65.4 Å². The Kier molecular flexibility index (Phi) is 4.08. The molecular weight excluding hydrogens is 302 g/mol. The van der Waals surface area contributed by atoms with Gasteiger partial charge >= 0.3 is 0 Å². The van der Waals surface area contributed by atoms with E-state index < -0.39 is 11.6 Å². The van der Waals surface area contributed by atoms with E-state index in [0.717, 1.165) is 17.7 Å². The van der Waals surface area contributed by atoms with Gasteiger partial charge in [-0.3, -0.25) is 4.79 Å². The fourth-order valence-corrected chi connectivity index (χ4v) is 2.41. The van der Waals surface area contributed by atoms with Crippen molar-refractivity contribution in [2.75, 3.05) is 11.9 Å². The predicted octanol–water partition coefficient (Wildman–Crippen LogP) is 3.23. The van der Waals surface area contributed by atoms with Gasteiger partial charge in [0, 0.05) is 29.8 Å². The average Bonchev–Trinajstić information content (AvgIpc) is 2.90. The number of carbonyl (C=O) groups is 1. The zero-order chi connectivity index (χ0) is 16.4. The average molecular weight is 316 g/mol. The first-order valence-corrected chi connectivity index (χ1v) is 7.06. The Morgan fingerprint density at radius 2 is 1.96 bits per heavy atom. The molecule has 1 aromatic heterocycles. The molecular formula is C17H14F2N2O2. The SMILES string of the molecule is O=C(Nc1c[nH]c2cc(F)c(F)cc12)c1cccc(CCO)c1. The van der Waals surface area contributed by atoms with Crippen LogP contribution in [-0.2, 0) is 6.42 Å². The number of aromatic amines is 1. The first-order chi connectivity index (χ1) is 11.1. The highest BCUT2D eigenvalue weighted by Crippen LogP contribution is 2.26. The molecule has 3 N–H and O–H groups in total. The lowest BCUT2D eigenvalue weighted by molar-refractivity contribution is 0.102. The fraction of sp³-hybridized carbons (Fsp3) is 0.118. The van der Waals surface area contributed by atoms with E-state index in [-0.39, 0.29) is 12.5 Å². The van der Waals surface area contributed by atoms with Crippen LogP contribution in [0, 0.1) is 11.6 Å². The summed E-state index contributed by atoms with van der Waals surface area (Å²) in [6, 6.07) is 8.95. The summed E-state index contributed by atoms with van der Waals surface area (Å²) in [6.45, 7) is -0.00163. The number of halogens is 2. The molecule has 23 heavy (non-hydrogen) atoms. The topological polar surface area (TPSA) is 65.1 Å². The lowest BCUT2D eigenvalue weighted by atomic mass is 10.1. The van der Waals surface area contributed by atoms with Gasteiger partial charge in [-0.1, -0.05) is 12.1 Å². The van der Waals surface area contributed by atoms with Crippen LogP contribution in [-0.4, -0.2) is 22.6 Å². The maximum Gasteiger partial charge on any atom is 0.255 e. The first kappa shape index (κ1) is 15.2. The Morgan fingerprint density at radius 3 is 2.74 bits per heavy atom. The van der Waals surface area contributed by atoms with E-state index in [0.29, 0.717) is 28.6 Å². The van der Waals surface area contributed by atoms with Gasteiger partial charge in [-0.15, -0.1) is 0 Å². The standard InChI is InChI=1S/C17H14F2N2O2/c18-13-7-12-15(8-14(13)19)20-9-16(12)21-17(23)11-3-1-2-10(6-11)4-5-22/h1-3,6-9,20,22H,4-5H2,(H,21,23). The van der Waals surface area contributed by atoms with Crippen molar-refractivity contribution in [3.8, 4) is 0 Å². The Bertz CT molecular complexity index is 874. The van der Waals surface area contributed by atoms with Crippen molar-refractivity contribution in [2.45, 2.75) is 6.42 Å². The minimum absolute atomic E-state index is 0.00163. The molecule has 0 atom stereocenters. The molecule has 2 aromatic carbocycles. The van der Waals surface area contributed by atoms with Crippen LogP contribution in [0.3, 0.4) is 0 Å². The maximum absolute atomic E-state index is 13.4. The van der Waals surface area contributed by atoms with Gasteiger partial charge in [0.15, 0.2) is 11.6 Å². The number of hydrogen-bond donors (Lipinski definition) is 3. The van der Waals surface area contributed by atoms with E-state index in [1.807, 2.05) is 6.07 Å². The first-order valence-electron chi connectivity index (χ1n) is 7.06. The molecule has 0 bridgehead atoms. The molecule has 6 heteroatoms. The van der Waals surface area contributed by atoms with E-state index in [4.69, 9.17) is 5.11 Å². The summed E-state index contributed by atoms with van der Waals surface area (Å²) in [5.41, 5.74) is 2.03. The van der Waals surface area contributed by atoms with Crippen LogP contribution >= 0.6 is 0 Å². The summed E-state index contributed by atoms with van der Waals surface area (Å²) >= 11 is 0. The molecule has 0 unspecified atom stereocenters. The quantitative estimate of drug-likeness (QED) is 0.692. The normalized spacial score (nSPS) is 10.9. The third-order valence-corrected chi connectivity index (χ3v) is 3.56. The molecule has 1 amide bonds. The highest BCUT2D eigenvalue weighted by atomic mass is 19.2. The minimum atomic E-state index is -0.974. The Balaban J connectivity index is 1.88. The molecule has 1 heterocycles. The molecule has 0 fully saturated rings. The van der Waals surface area contributed by atoms with E-state index in [1.54, 1.807) is 18.2 Å². The second-order valence-corrected chi connectivity index (χ2v) is 5.14. The Hall–Kier alpha value is -2.73. The van der Waals surface area contributed by atoms with Crippen molar-refractivity contribution in [2.24, 2.45) is 0 Å². The molecule has 118 valence electrons. The van der Waals surface area contributed by atoms with Gasteiger partial charge < -0.3 is 15.4 Å². The van der Waals surface area contributed by atoms with Crippen LogP contribution in [0.25, 0.3) is 10.9 Å². The van der Waals surface area contributed by atoms with Crippen molar-refractivity contribution < 1.29 is 18.7 Å². The van der Waals surface area contributed by atoms with Gasteiger partial charge in [0.2, 0.25) is 0 Å². The zero-order valence-electron chi connectivity index (χ0n) is 12.1. The summed E-state index contributed by atoms with van der Waals surface area (Å²) in [5.74, 6) is -2.29. The molecule has 0 saturated carbocycles. The highest BCUT2D eigenvalue weighted by Gasteiger charge is 2.13. The molecule has 0 aliphatic heterocycles. The number of anilines is 1. The number of aliphatic hydroxyl groups is 1. The third kappa shape index (κ3) is 3.07. The molecule has 0 radical (unpaired) electrons. The van der Waals surface area contributed by atoms with E-state index in [2.05, 4.69) is 10.3 Å².